The number of piperidine rings is 1. The minimum absolute atomic E-state index is 0. The molecule has 2 bridgehead atoms. The zero-order valence-electron chi connectivity index (χ0n) is 16.0. The van der Waals surface area contributed by atoms with Crippen LogP contribution in [0.25, 0.3) is 0 Å². The number of carbonyl (C=O) groups is 1. The molecule has 29 heavy (non-hydrogen) atoms. The van der Waals surface area contributed by atoms with Crippen molar-refractivity contribution in [1.29, 1.82) is 0 Å². The van der Waals surface area contributed by atoms with Gasteiger partial charge in [-0.15, -0.1) is 39.7 Å². The van der Waals surface area contributed by atoms with E-state index in [9.17, 15) is 9.90 Å². The van der Waals surface area contributed by atoms with Crippen molar-refractivity contribution in [3.05, 3.63) is 44.8 Å². The molecule has 2 aromatic rings. The summed E-state index contributed by atoms with van der Waals surface area (Å²) in [6.45, 7) is 0. The number of morpholine rings is 1. The highest BCUT2D eigenvalue weighted by atomic mass is 79.9. The van der Waals surface area contributed by atoms with Gasteiger partial charge < -0.3 is 41.5 Å². The lowest BCUT2D eigenvalue weighted by Crippen LogP contribution is -3.00. The second-order valence-corrected chi connectivity index (χ2v) is 9.89. The third kappa shape index (κ3) is 3.76. The summed E-state index contributed by atoms with van der Waals surface area (Å²) in [5.41, 5.74) is -1.72. The van der Waals surface area contributed by atoms with Gasteiger partial charge in [0.25, 0.3) is 0 Å². The third-order valence-corrected chi connectivity index (χ3v) is 8.32. The quantitative estimate of drug-likeness (QED) is 0.293. The molecule has 0 aromatic carbocycles. The average Bonchev–Trinajstić information content (AvgIpc) is 2.98. The van der Waals surface area contributed by atoms with Gasteiger partial charge in [-0.2, -0.15) is 0 Å². The molecule has 3 fully saturated rings. The second-order valence-electron chi connectivity index (χ2n) is 7.99. The zero-order valence-corrected chi connectivity index (χ0v) is 20.9. The van der Waals surface area contributed by atoms with Gasteiger partial charge in [-0.3, -0.25) is 0 Å². The molecule has 5 rings (SSSR count). The van der Waals surface area contributed by atoms with Crippen molar-refractivity contribution in [2.24, 2.45) is 0 Å². The lowest BCUT2D eigenvalue weighted by atomic mass is 9.95. The van der Waals surface area contributed by atoms with Gasteiger partial charge in [0.05, 0.1) is 23.8 Å². The van der Waals surface area contributed by atoms with Gasteiger partial charge >= 0.3 is 5.97 Å². The number of quaternary nitrogens is 1. The number of aliphatic hydroxyl groups is 1. The molecule has 1 unspecified atom stereocenters. The van der Waals surface area contributed by atoms with Crippen molar-refractivity contribution in [2.45, 2.75) is 48.8 Å². The highest BCUT2D eigenvalue weighted by Gasteiger charge is 2.71. The van der Waals surface area contributed by atoms with Crippen LogP contribution in [-0.2, 0) is 19.9 Å². The zero-order chi connectivity index (χ0) is 18.1. The molecule has 162 valence electrons. The molecule has 6 nitrogen and oxygen atoms in total. The van der Waals surface area contributed by atoms with Crippen LogP contribution in [0.1, 0.15) is 22.6 Å². The van der Waals surface area contributed by atoms with Crippen molar-refractivity contribution in [3.8, 4) is 0 Å². The van der Waals surface area contributed by atoms with Gasteiger partial charge in [-0.25, -0.2) is 4.79 Å². The number of nitrogens with zero attached hydrogens (tertiary/aromatic N) is 1. The fraction of sp³-hybridized carbons (Fsp3) is 0.526. The van der Waals surface area contributed by atoms with Crippen LogP contribution in [-0.4, -0.2) is 65.5 Å². The first-order valence-electron chi connectivity index (χ1n) is 8.92. The predicted octanol–water partition coefficient (Wildman–Crippen LogP) is -0.897. The smallest absolute Gasteiger partial charge is 0.349 e. The summed E-state index contributed by atoms with van der Waals surface area (Å²) >= 11 is 2.74. The van der Waals surface area contributed by atoms with Crippen LogP contribution >= 0.6 is 39.7 Å². The Hall–Kier alpha value is -0.330. The minimum atomic E-state index is -1.72. The summed E-state index contributed by atoms with van der Waals surface area (Å²) in [5.74, 6) is -0.561. The largest absolute Gasteiger partial charge is 1.00 e. The molecule has 0 spiro atoms. The van der Waals surface area contributed by atoms with Gasteiger partial charge in [0.15, 0.2) is 0 Å². The van der Waals surface area contributed by atoms with E-state index < -0.39 is 11.6 Å². The van der Waals surface area contributed by atoms with E-state index >= 15 is 0 Å². The Morgan fingerprint density at radius 2 is 1.62 bits per heavy atom. The molecule has 0 saturated carbocycles. The summed E-state index contributed by atoms with van der Waals surface area (Å²) in [6.07, 6.45) is 2.05. The Kier molecular flexibility index (Phi) is 7.45. The molecule has 5 atom stereocenters. The van der Waals surface area contributed by atoms with Crippen molar-refractivity contribution >= 4 is 45.6 Å². The van der Waals surface area contributed by atoms with Gasteiger partial charge in [-0.05, 0) is 22.9 Å². The molecule has 3 aliphatic heterocycles. The van der Waals surface area contributed by atoms with Crippen LogP contribution in [0.2, 0.25) is 0 Å². The molecule has 0 radical (unpaired) electrons. The lowest BCUT2D eigenvalue weighted by Gasteiger charge is -2.45. The number of rotatable bonds is 4. The van der Waals surface area contributed by atoms with Crippen LogP contribution in [0, 0.1) is 0 Å². The SMILES string of the molecule is Br.C[N+]1(C)[C@@H]2CC(OC(=O)C(O)(c3cccs3)c3cccs3)C[C@H]1[C@@H]1O[C@@H]12.O.[Br-]. The first-order valence-corrected chi connectivity index (χ1v) is 10.7. The van der Waals surface area contributed by atoms with E-state index in [1.807, 2.05) is 22.9 Å². The fourth-order valence-corrected chi connectivity index (χ4v) is 6.54. The molecule has 0 amide bonds. The van der Waals surface area contributed by atoms with E-state index in [2.05, 4.69) is 14.1 Å². The van der Waals surface area contributed by atoms with E-state index in [1.165, 1.54) is 22.7 Å². The third-order valence-electron chi connectivity index (χ3n) is 6.36. The molecule has 3 N–H and O–H groups in total. The number of likely N-dealkylation sites (N-methyl/N-ethyl adjacent to an activating group) is 1. The number of thiophene rings is 2. The van der Waals surface area contributed by atoms with E-state index in [-0.39, 0.29) is 45.5 Å². The minimum Gasteiger partial charge on any atom is -1.00 e. The van der Waals surface area contributed by atoms with Crippen LogP contribution in [0.5, 0.6) is 0 Å². The van der Waals surface area contributed by atoms with Crippen molar-refractivity contribution in [2.75, 3.05) is 14.1 Å². The summed E-state index contributed by atoms with van der Waals surface area (Å²) < 4.78 is 12.6. The van der Waals surface area contributed by atoms with E-state index in [0.29, 0.717) is 34.0 Å². The Bertz CT molecular complexity index is 776. The summed E-state index contributed by atoms with van der Waals surface area (Å²) in [7, 11) is 4.49. The topological polar surface area (TPSA) is 90.6 Å². The van der Waals surface area contributed by atoms with E-state index in [4.69, 9.17) is 9.47 Å². The molecule has 0 aliphatic carbocycles. The van der Waals surface area contributed by atoms with Crippen molar-refractivity contribution in [1.82, 2.24) is 0 Å². The Labute approximate surface area is 198 Å². The molecule has 3 aliphatic rings. The van der Waals surface area contributed by atoms with Gasteiger partial charge in [0, 0.05) is 12.8 Å². The van der Waals surface area contributed by atoms with E-state index in [0.717, 1.165) is 17.3 Å². The number of epoxide rings is 1. The number of hydrogen-bond acceptors (Lipinski definition) is 6. The fourth-order valence-electron chi connectivity index (χ4n) is 4.83. The van der Waals surface area contributed by atoms with Crippen molar-refractivity contribution in [3.63, 3.8) is 0 Å². The number of halogens is 2. The normalized spacial score (nSPS) is 30.8. The Balaban J connectivity index is 0.000001000. The molecular weight excluding hydrogens is 546 g/mol. The number of hydrogen-bond donors (Lipinski definition) is 1. The van der Waals surface area contributed by atoms with Crippen LogP contribution in [0.3, 0.4) is 0 Å². The first-order chi connectivity index (χ1) is 12.4. The highest BCUT2D eigenvalue weighted by Crippen LogP contribution is 2.52. The standard InChI is InChI=1S/C19H22NO4S2.2BrH.H2O/c1-20(2)12-9-11(10-13(20)17-16(12)24-17)23-18(21)19(22,14-5-3-7-25-14)15-6-4-8-26-15;;;/h3-8,11-13,16-17,22H,9-10H2,1-2H3;2*1H;1H2/q+1;;;/p-1/t11?,12-,13+,16-,17+;;;. The van der Waals surface area contributed by atoms with Crippen LogP contribution in [0.4, 0.5) is 0 Å². The van der Waals surface area contributed by atoms with Gasteiger partial charge in [-0.1, -0.05) is 12.1 Å². The van der Waals surface area contributed by atoms with Gasteiger partial charge in [0.2, 0.25) is 5.60 Å². The first kappa shape index (κ1) is 24.9. The maximum absolute atomic E-state index is 13.1. The average molecular weight is 571 g/mol. The molecule has 10 heteroatoms. The van der Waals surface area contributed by atoms with Gasteiger partial charge in [0.1, 0.15) is 30.4 Å². The Morgan fingerprint density at radius 3 is 2.03 bits per heavy atom. The lowest BCUT2D eigenvalue weighted by molar-refractivity contribution is -0.938. The summed E-state index contributed by atoms with van der Waals surface area (Å²) in [6, 6.07) is 8.01. The molecule has 3 saturated heterocycles. The Morgan fingerprint density at radius 1 is 1.14 bits per heavy atom. The van der Waals surface area contributed by atoms with Crippen LogP contribution < -0.4 is 17.0 Å². The number of esters is 1. The molecule has 2 aromatic heterocycles. The number of carbonyl (C=O) groups excluding carboxylic acids is 1. The predicted molar refractivity (Wildman–Crippen MR) is 113 cm³/mol. The summed E-state index contributed by atoms with van der Waals surface area (Å²) in [4.78, 5) is 14.3. The second kappa shape index (κ2) is 8.66. The van der Waals surface area contributed by atoms with Crippen molar-refractivity contribution < 1.29 is 46.3 Å². The highest BCUT2D eigenvalue weighted by molar-refractivity contribution is 8.93. The summed E-state index contributed by atoms with van der Waals surface area (Å²) in [5, 5.41) is 15.1. The molecular formula is C19H25Br2NO5S2. The monoisotopic (exact) mass is 569 g/mol. The van der Waals surface area contributed by atoms with Crippen LogP contribution in [0.15, 0.2) is 35.0 Å². The molecule has 5 heterocycles. The maximum Gasteiger partial charge on any atom is 0.349 e. The number of ether oxygens (including phenoxy) is 2. The number of fused-ring (bicyclic) bond motifs is 5. The maximum atomic E-state index is 13.1. The van der Waals surface area contributed by atoms with E-state index in [1.54, 1.807) is 12.1 Å².